The molecule has 2 aromatic carbocycles. The van der Waals surface area contributed by atoms with Crippen molar-refractivity contribution in [2.75, 3.05) is 26.0 Å². The predicted octanol–water partition coefficient (Wildman–Crippen LogP) is 1.78. The van der Waals surface area contributed by atoms with Gasteiger partial charge in [-0.1, -0.05) is 60.7 Å². The first kappa shape index (κ1) is 20.1. The van der Waals surface area contributed by atoms with Crippen LogP contribution in [0.5, 0.6) is 0 Å². The lowest BCUT2D eigenvalue weighted by Crippen LogP contribution is -2.40. The fourth-order valence-electron chi connectivity index (χ4n) is 2.32. The van der Waals surface area contributed by atoms with Crippen LogP contribution in [0.15, 0.2) is 60.7 Å². The second kappa shape index (κ2) is 10.1. The van der Waals surface area contributed by atoms with Gasteiger partial charge in [0.15, 0.2) is 0 Å². The maximum atomic E-state index is 12.1. The first-order valence-electron chi connectivity index (χ1n) is 8.32. The zero-order chi connectivity index (χ0) is 18.8. The van der Waals surface area contributed by atoms with Gasteiger partial charge in [-0.2, -0.15) is 4.31 Å². The number of nitrogens with zero attached hydrogens (tertiary/aromatic N) is 1. The van der Waals surface area contributed by atoms with E-state index in [0.29, 0.717) is 19.8 Å². The Hall–Kier alpha value is -2.22. The molecule has 2 aromatic rings. The van der Waals surface area contributed by atoms with Crippen molar-refractivity contribution in [3.8, 4) is 0 Å². The number of sulfonamides is 1. The van der Waals surface area contributed by atoms with Crippen LogP contribution in [-0.4, -0.2) is 44.6 Å². The van der Waals surface area contributed by atoms with Crippen molar-refractivity contribution in [2.45, 2.75) is 13.2 Å². The lowest BCUT2D eigenvalue weighted by Gasteiger charge is -2.19. The van der Waals surface area contributed by atoms with Crippen LogP contribution in [0.3, 0.4) is 0 Å². The van der Waals surface area contributed by atoms with Crippen LogP contribution in [-0.2, 0) is 32.7 Å². The maximum Gasteiger partial charge on any atom is 0.235 e. The third-order valence-corrected chi connectivity index (χ3v) is 4.87. The van der Waals surface area contributed by atoms with Crippen molar-refractivity contribution in [1.82, 2.24) is 9.62 Å². The summed E-state index contributed by atoms with van der Waals surface area (Å²) < 4.78 is 30.5. The molecule has 0 heterocycles. The van der Waals surface area contributed by atoms with Crippen molar-refractivity contribution in [2.24, 2.45) is 0 Å². The van der Waals surface area contributed by atoms with E-state index in [2.05, 4.69) is 5.32 Å². The lowest BCUT2D eigenvalue weighted by molar-refractivity contribution is -0.121. The summed E-state index contributed by atoms with van der Waals surface area (Å²) >= 11 is 0. The minimum absolute atomic E-state index is 0.164. The molecule has 0 aliphatic heterocycles. The summed E-state index contributed by atoms with van der Waals surface area (Å²) in [5.41, 5.74) is 1.89. The number of nitrogens with one attached hydrogen (secondary N) is 1. The molecule has 0 aliphatic carbocycles. The van der Waals surface area contributed by atoms with E-state index in [9.17, 15) is 13.2 Å². The van der Waals surface area contributed by atoms with E-state index >= 15 is 0 Å². The lowest BCUT2D eigenvalue weighted by atomic mass is 10.2. The standard InChI is InChI=1S/C19H24N2O4S/c1-26(23,24)21(14-17-8-4-2-5-9-17)15-19(22)20-12-13-25-16-18-10-6-3-7-11-18/h2-11H,12-16H2,1H3,(H,20,22). The van der Waals surface area contributed by atoms with E-state index in [-0.39, 0.29) is 19.0 Å². The van der Waals surface area contributed by atoms with Crippen molar-refractivity contribution in [3.05, 3.63) is 71.8 Å². The van der Waals surface area contributed by atoms with Gasteiger partial charge in [-0.25, -0.2) is 8.42 Å². The summed E-state index contributed by atoms with van der Waals surface area (Å²) in [5, 5.41) is 2.69. The molecule has 140 valence electrons. The molecule has 0 saturated carbocycles. The van der Waals surface area contributed by atoms with Gasteiger partial charge in [-0.05, 0) is 11.1 Å². The van der Waals surface area contributed by atoms with E-state index in [1.807, 2.05) is 60.7 Å². The molecule has 0 unspecified atom stereocenters. The average molecular weight is 376 g/mol. The smallest absolute Gasteiger partial charge is 0.235 e. The van der Waals surface area contributed by atoms with E-state index in [1.54, 1.807) is 0 Å². The summed E-state index contributed by atoms with van der Waals surface area (Å²) in [5.74, 6) is -0.352. The van der Waals surface area contributed by atoms with Gasteiger partial charge in [0, 0.05) is 13.1 Å². The fourth-order valence-corrected chi connectivity index (χ4v) is 3.06. The summed E-state index contributed by atoms with van der Waals surface area (Å²) in [7, 11) is -3.49. The summed E-state index contributed by atoms with van der Waals surface area (Å²) in [6.07, 6.45) is 1.10. The molecule has 0 bridgehead atoms. The van der Waals surface area contributed by atoms with Crippen LogP contribution >= 0.6 is 0 Å². The minimum atomic E-state index is -3.49. The molecule has 0 aromatic heterocycles. The normalized spacial score (nSPS) is 11.5. The largest absolute Gasteiger partial charge is 0.375 e. The van der Waals surface area contributed by atoms with Gasteiger partial charge in [-0.15, -0.1) is 0 Å². The highest BCUT2D eigenvalue weighted by Gasteiger charge is 2.20. The van der Waals surface area contributed by atoms with Crippen LogP contribution in [0, 0.1) is 0 Å². The van der Waals surface area contributed by atoms with Gasteiger partial charge in [-0.3, -0.25) is 4.79 Å². The molecule has 0 aliphatic rings. The number of amides is 1. The summed E-state index contributed by atoms with van der Waals surface area (Å²) in [6.45, 7) is 1.11. The van der Waals surface area contributed by atoms with Crippen molar-refractivity contribution in [1.29, 1.82) is 0 Å². The van der Waals surface area contributed by atoms with E-state index in [4.69, 9.17) is 4.74 Å². The Morgan fingerprint density at radius 2 is 1.58 bits per heavy atom. The van der Waals surface area contributed by atoms with Crippen LogP contribution in [0.25, 0.3) is 0 Å². The van der Waals surface area contributed by atoms with Gasteiger partial charge >= 0.3 is 0 Å². The zero-order valence-corrected chi connectivity index (χ0v) is 15.6. The summed E-state index contributed by atoms with van der Waals surface area (Å²) in [6, 6.07) is 18.9. The second-order valence-electron chi connectivity index (χ2n) is 5.90. The number of rotatable bonds is 10. The molecule has 1 N–H and O–H groups in total. The zero-order valence-electron chi connectivity index (χ0n) is 14.8. The Kier molecular flexibility index (Phi) is 7.77. The monoisotopic (exact) mass is 376 g/mol. The molecule has 0 radical (unpaired) electrons. The van der Waals surface area contributed by atoms with E-state index < -0.39 is 10.0 Å². The number of hydrogen-bond acceptors (Lipinski definition) is 4. The number of ether oxygens (including phenoxy) is 1. The second-order valence-corrected chi connectivity index (χ2v) is 7.89. The number of hydrogen-bond donors (Lipinski definition) is 1. The summed E-state index contributed by atoms with van der Waals surface area (Å²) in [4.78, 5) is 12.1. The highest BCUT2D eigenvalue weighted by molar-refractivity contribution is 7.88. The van der Waals surface area contributed by atoms with Crippen molar-refractivity contribution < 1.29 is 17.9 Å². The van der Waals surface area contributed by atoms with Crippen LogP contribution in [0.4, 0.5) is 0 Å². The maximum absolute atomic E-state index is 12.1. The predicted molar refractivity (Wildman–Crippen MR) is 101 cm³/mol. The molecular weight excluding hydrogens is 352 g/mol. The highest BCUT2D eigenvalue weighted by Crippen LogP contribution is 2.07. The number of benzene rings is 2. The Labute approximate surface area is 154 Å². The molecule has 1 amide bonds. The Bertz CT molecular complexity index is 780. The Morgan fingerprint density at radius 3 is 2.15 bits per heavy atom. The van der Waals surface area contributed by atoms with Crippen LogP contribution in [0.1, 0.15) is 11.1 Å². The first-order valence-corrected chi connectivity index (χ1v) is 10.2. The Morgan fingerprint density at radius 1 is 1.00 bits per heavy atom. The fraction of sp³-hybridized carbons (Fsp3) is 0.316. The molecule has 0 saturated heterocycles. The SMILES string of the molecule is CS(=O)(=O)N(CC(=O)NCCOCc1ccccc1)Cc1ccccc1. The minimum Gasteiger partial charge on any atom is -0.375 e. The average Bonchev–Trinajstić information content (AvgIpc) is 2.62. The van der Waals surface area contributed by atoms with Crippen molar-refractivity contribution >= 4 is 15.9 Å². The molecule has 7 heteroatoms. The number of carbonyl (C=O) groups excluding carboxylic acids is 1. The third-order valence-electron chi connectivity index (χ3n) is 3.67. The first-order chi connectivity index (χ1) is 12.4. The molecule has 2 rings (SSSR count). The van der Waals surface area contributed by atoms with E-state index in [1.165, 1.54) is 0 Å². The molecular formula is C19H24N2O4S. The van der Waals surface area contributed by atoms with Gasteiger partial charge < -0.3 is 10.1 Å². The van der Waals surface area contributed by atoms with Crippen molar-refractivity contribution in [3.63, 3.8) is 0 Å². The topological polar surface area (TPSA) is 75.7 Å². The third kappa shape index (κ3) is 7.35. The van der Waals surface area contributed by atoms with Gasteiger partial charge in [0.25, 0.3) is 0 Å². The van der Waals surface area contributed by atoms with Gasteiger partial charge in [0.2, 0.25) is 15.9 Å². The molecule has 0 spiro atoms. The van der Waals surface area contributed by atoms with Gasteiger partial charge in [0.1, 0.15) is 0 Å². The van der Waals surface area contributed by atoms with Gasteiger partial charge in [0.05, 0.1) is 26.0 Å². The molecule has 26 heavy (non-hydrogen) atoms. The molecule has 6 nitrogen and oxygen atoms in total. The van der Waals surface area contributed by atoms with Crippen LogP contribution in [0.2, 0.25) is 0 Å². The number of carbonyl (C=O) groups is 1. The Balaban J connectivity index is 1.74. The highest BCUT2D eigenvalue weighted by atomic mass is 32.2. The molecule has 0 fully saturated rings. The van der Waals surface area contributed by atoms with E-state index in [0.717, 1.165) is 21.7 Å². The quantitative estimate of drug-likeness (QED) is 0.642. The van der Waals surface area contributed by atoms with Crippen LogP contribution < -0.4 is 5.32 Å². The molecule has 0 atom stereocenters.